The molecular formula is C16H27BrN4. The van der Waals surface area contributed by atoms with Gasteiger partial charge in [-0.25, -0.2) is 0 Å². The Morgan fingerprint density at radius 3 is 2.52 bits per heavy atom. The van der Waals surface area contributed by atoms with E-state index in [2.05, 4.69) is 51.2 Å². The van der Waals surface area contributed by atoms with Crippen molar-refractivity contribution in [3.05, 3.63) is 28.5 Å². The highest BCUT2D eigenvalue weighted by molar-refractivity contribution is 9.10. The number of pyridine rings is 1. The molecule has 21 heavy (non-hydrogen) atoms. The number of hydrogen-bond donors (Lipinski definition) is 2. The molecule has 0 aromatic carbocycles. The van der Waals surface area contributed by atoms with Crippen molar-refractivity contribution in [2.75, 3.05) is 13.1 Å². The van der Waals surface area contributed by atoms with Crippen molar-refractivity contribution in [1.29, 1.82) is 0 Å². The molecule has 3 N–H and O–H groups in total. The van der Waals surface area contributed by atoms with Gasteiger partial charge in [0.2, 0.25) is 0 Å². The smallest absolute Gasteiger partial charge is 0.0435 e. The topological polar surface area (TPSA) is 54.2 Å². The Kier molecular flexibility index (Phi) is 6.17. The Hall–Kier alpha value is -0.490. The van der Waals surface area contributed by atoms with Crippen molar-refractivity contribution in [2.24, 2.45) is 5.84 Å². The summed E-state index contributed by atoms with van der Waals surface area (Å²) in [6.45, 7) is 6.65. The number of nitrogens with two attached hydrogens (primary N) is 1. The number of hydrazine groups is 1. The molecule has 1 aliphatic rings. The lowest BCUT2D eigenvalue weighted by Crippen LogP contribution is -2.62. The lowest BCUT2D eigenvalue weighted by molar-refractivity contribution is 0.0629. The summed E-state index contributed by atoms with van der Waals surface area (Å²) in [7, 11) is 0. The largest absolute Gasteiger partial charge is 0.297 e. The molecule has 5 heteroatoms. The van der Waals surface area contributed by atoms with Gasteiger partial charge in [-0.15, -0.1) is 0 Å². The lowest BCUT2D eigenvalue weighted by Gasteiger charge is -2.46. The summed E-state index contributed by atoms with van der Waals surface area (Å²) in [4.78, 5) is 6.87. The fraction of sp³-hybridized carbons (Fsp3) is 0.688. The maximum Gasteiger partial charge on any atom is 0.0435 e. The SMILES string of the molecule is CCN(CC)C1(C(Cc2cncc(Br)c2)NN)CCCC1. The molecule has 0 aliphatic heterocycles. The van der Waals surface area contributed by atoms with Crippen LogP contribution < -0.4 is 11.3 Å². The van der Waals surface area contributed by atoms with Gasteiger partial charge in [0.05, 0.1) is 0 Å². The highest BCUT2D eigenvalue weighted by atomic mass is 79.9. The fourth-order valence-electron chi connectivity index (χ4n) is 3.93. The van der Waals surface area contributed by atoms with Gasteiger partial charge < -0.3 is 0 Å². The first-order valence-electron chi connectivity index (χ1n) is 7.97. The third kappa shape index (κ3) is 3.65. The van der Waals surface area contributed by atoms with Gasteiger partial charge in [0.1, 0.15) is 0 Å². The predicted molar refractivity (Wildman–Crippen MR) is 90.9 cm³/mol. The molecule has 1 aromatic heterocycles. The van der Waals surface area contributed by atoms with Gasteiger partial charge >= 0.3 is 0 Å². The Bertz CT molecular complexity index is 442. The summed E-state index contributed by atoms with van der Waals surface area (Å²) < 4.78 is 1.03. The van der Waals surface area contributed by atoms with Crippen molar-refractivity contribution in [2.45, 2.75) is 57.5 Å². The molecule has 2 rings (SSSR count). The number of rotatable bonds is 7. The van der Waals surface area contributed by atoms with Gasteiger partial charge in [-0.1, -0.05) is 26.7 Å². The van der Waals surface area contributed by atoms with Crippen LogP contribution in [-0.2, 0) is 6.42 Å². The lowest BCUT2D eigenvalue weighted by atomic mass is 9.83. The molecule has 1 atom stereocenters. The van der Waals surface area contributed by atoms with E-state index >= 15 is 0 Å². The van der Waals surface area contributed by atoms with E-state index in [-0.39, 0.29) is 11.6 Å². The van der Waals surface area contributed by atoms with E-state index < -0.39 is 0 Å². The van der Waals surface area contributed by atoms with Crippen LogP contribution in [0.15, 0.2) is 22.9 Å². The zero-order valence-electron chi connectivity index (χ0n) is 13.1. The summed E-state index contributed by atoms with van der Waals surface area (Å²) in [5.41, 5.74) is 4.53. The Labute approximate surface area is 136 Å². The first-order chi connectivity index (χ1) is 10.2. The van der Waals surface area contributed by atoms with Crippen LogP contribution in [0.5, 0.6) is 0 Å². The maximum absolute atomic E-state index is 5.96. The van der Waals surface area contributed by atoms with Crippen LogP contribution in [0.2, 0.25) is 0 Å². The Morgan fingerprint density at radius 1 is 1.33 bits per heavy atom. The van der Waals surface area contributed by atoms with Gasteiger partial charge in [0, 0.05) is 28.4 Å². The second-order valence-corrected chi connectivity index (χ2v) is 6.83. The average molecular weight is 355 g/mol. The number of likely N-dealkylation sites (N-methyl/N-ethyl adjacent to an activating group) is 1. The average Bonchev–Trinajstić information content (AvgIpc) is 2.96. The zero-order chi connectivity index (χ0) is 15.3. The summed E-state index contributed by atoms with van der Waals surface area (Å²) >= 11 is 3.50. The quantitative estimate of drug-likeness (QED) is 0.583. The van der Waals surface area contributed by atoms with E-state index in [0.29, 0.717) is 0 Å². The third-order valence-corrected chi connectivity index (χ3v) is 5.35. The summed E-state index contributed by atoms with van der Waals surface area (Å²) in [5, 5.41) is 0. The molecule has 0 amide bonds. The zero-order valence-corrected chi connectivity index (χ0v) is 14.7. The normalized spacial score (nSPS) is 19.1. The van der Waals surface area contributed by atoms with E-state index in [1.807, 2.05) is 12.4 Å². The Morgan fingerprint density at radius 2 is 2.00 bits per heavy atom. The maximum atomic E-state index is 5.96. The highest BCUT2D eigenvalue weighted by Crippen LogP contribution is 2.39. The molecule has 1 saturated carbocycles. The molecule has 0 saturated heterocycles. The van der Waals surface area contributed by atoms with Crippen LogP contribution >= 0.6 is 15.9 Å². The minimum absolute atomic E-state index is 0.181. The van der Waals surface area contributed by atoms with Gasteiger partial charge in [0.15, 0.2) is 0 Å². The van der Waals surface area contributed by atoms with Crippen molar-refractivity contribution >= 4 is 15.9 Å². The summed E-state index contributed by atoms with van der Waals surface area (Å²) in [6, 6.07) is 2.40. The summed E-state index contributed by atoms with van der Waals surface area (Å²) in [6.07, 6.45) is 9.73. The molecular weight excluding hydrogens is 328 g/mol. The highest BCUT2D eigenvalue weighted by Gasteiger charge is 2.44. The fourth-order valence-corrected chi connectivity index (χ4v) is 4.35. The molecule has 1 aliphatic carbocycles. The molecule has 4 nitrogen and oxygen atoms in total. The molecule has 1 unspecified atom stereocenters. The van der Waals surface area contributed by atoms with E-state index in [1.54, 1.807) is 0 Å². The van der Waals surface area contributed by atoms with E-state index in [4.69, 9.17) is 5.84 Å². The Balaban J connectivity index is 2.24. The molecule has 0 radical (unpaired) electrons. The van der Waals surface area contributed by atoms with E-state index in [0.717, 1.165) is 24.0 Å². The van der Waals surface area contributed by atoms with E-state index in [1.165, 1.54) is 31.2 Å². The number of aromatic nitrogens is 1. The predicted octanol–water partition coefficient (Wildman–Crippen LogP) is 2.87. The van der Waals surface area contributed by atoms with Crippen molar-refractivity contribution in [3.63, 3.8) is 0 Å². The number of halogens is 1. The van der Waals surface area contributed by atoms with Crippen molar-refractivity contribution < 1.29 is 0 Å². The molecule has 1 fully saturated rings. The van der Waals surface area contributed by atoms with E-state index in [9.17, 15) is 0 Å². The number of nitrogens with one attached hydrogen (secondary N) is 1. The van der Waals surface area contributed by atoms with Gasteiger partial charge in [-0.2, -0.15) is 0 Å². The first kappa shape index (κ1) is 16.9. The van der Waals surface area contributed by atoms with Gasteiger partial charge in [-0.3, -0.25) is 21.2 Å². The number of hydrogen-bond acceptors (Lipinski definition) is 4. The summed E-state index contributed by atoms with van der Waals surface area (Å²) in [5.74, 6) is 5.96. The molecule has 1 aromatic rings. The van der Waals surface area contributed by atoms with Gasteiger partial charge in [0.25, 0.3) is 0 Å². The van der Waals surface area contributed by atoms with Crippen molar-refractivity contribution in [1.82, 2.24) is 15.3 Å². The monoisotopic (exact) mass is 354 g/mol. The molecule has 1 heterocycles. The second-order valence-electron chi connectivity index (χ2n) is 5.92. The molecule has 0 bridgehead atoms. The van der Waals surface area contributed by atoms with Gasteiger partial charge in [-0.05, 0) is 59.9 Å². The first-order valence-corrected chi connectivity index (χ1v) is 8.76. The third-order valence-electron chi connectivity index (χ3n) is 4.91. The van der Waals surface area contributed by atoms with Crippen LogP contribution in [-0.4, -0.2) is 34.6 Å². The second kappa shape index (κ2) is 7.68. The van der Waals surface area contributed by atoms with Crippen LogP contribution in [0.3, 0.4) is 0 Å². The van der Waals surface area contributed by atoms with Crippen LogP contribution in [0.1, 0.15) is 45.1 Å². The van der Waals surface area contributed by atoms with Crippen LogP contribution in [0.4, 0.5) is 0 Å². The standard InChI is InChI=1S/C16H27BrN4/c1-3-21(4-2)16(7-5-6-8-16)15(20-18)10-13-9-14(17)12-19-11-13/h9,11-12,15,20H,3-8,10,18H2,1-2H3. The van der Waals surface area contributed by atoms with Crippen LogP contribution in [0.25, 0.3) is 0 Å². The number of nitrogens with zero attached hydrogens (tertiary/aromatic N) is 2. The molecule has 118 valence electrons. The minimum Gasteiger partial charge on any atom is -0.297 e. The molecule has 0 spiro atoms. The van der Waals surface area contributed by atoms with Crippen molar-refractivity contribution in [3.8, 4) is 0 Å². The van der Waals surface area contributed by atoms with Crippen LogP contribution in [0, 0.1) is 0 Å². The minimum atomic E-state index is 0.181.